The Bertz CT molecular complexity index is 401. The molecule has 1 amide bonds. The van der Waals surface area contributed by atoms with Crippen LogP contribution in [0.5, 0.6) is 0 Å². The van der Waals surface area contributed by atoms with Crippen molar-refractivity contribution in [3.05, 3.63) is 40.7 Å². The molecule has 0 aromatic heterocycles. The number of hydrogen-bond donors (Lipinski definition) is 1. The second-order valence-corrected chi connectivity index (χ2v) is 3.66. The van der Waals surface area contributed by atoms with Crippen LogP contribution in [0, 0.1) is 5.82 Å². The zero-order valence-corrected chi connectivity index (χ0v) is 10.1. The van der Waals surface area contributed by atoms with Crippen molar-refractivity contribution < 1.29 is 13.9 Å². The number of ether oxygens (including phenoxy) is 1. The summed E-state index contributed by atoms with van der Waals surface area (Å²) >= 11 is 5.80. The topological polar surface area (TPSA) is 38.3 Å². The van der Waals surface area contributed by atoms with E-state index in [0.717, 1.165) is 0 Å². The molecule has 0 radical (unpaired) electrons. The Labute approximate surface area is 104 Å². The van der Waals surface area contributed by atoms with E-state index in [1.807, 2.05) is 0 Å². The van der Waals surface area contributed by atoms with Gasteiger partial charge in [-0.15, -0.1) is 0 Å². The third-order valence-corrected chi connectivity index (χ3v) is 2.34. The van der Waals surface area contributed by atoms with Crippen molar-refractivity contribution in [2.75, 3.05) is 20.3 Å². The van der Waals surface area contributed by atoms with E-state index < -0.39 is 5.82 Å². The number of amides is 1. The smallest absolute Gasteiger partial charge is 0.244 e. The number of methoxy groups -OCH3 is 1. The van der Waals surface area contributed by atoms with E-state index >= 15 is 0 Å². The zero-order valence-electron chi connectivity index (χ0n) is 9.37. The average molecular weight is 258 g/mol. The maximum Gasteiger partial charge on any atom is 0.244 e. The van der Waals surface area contributed by atoms with Crippen molar-refractivity contribution in [1.29, 1.82) is 0 Å². The minimum absolute atomic E-state index is 0.205. The van der Waals surface area contributed by atoms with Gasteiger partial charge in [-0.1, -0.05) is 17.7 Å². The summed E-state index contributed by atoms with van der Waals surface area (Å²) in [5.41, 5.74) is 0.205. The summed E-state index contributed by atoms with van der Waals surface area (Å²) in [7, 11) is 1.54. The fourth-order valence-corrected chi connectivity index (χ4v) is 1.39. The highest BCUT2D eigenvalue weighted by atomic mass is 35.5. The van der Waals surface area contributed by atoms with E-state index in [0.29, 0.717) is 13.2 Å². The first-order valence-corrected chi connectivity index (χ1v) is 5.42. The Morgan fingerprint density at radius 2 is 2.35 bits per heavy atom. The molecule has 0 saturated carbocycles. The lowest BCUT2D eigenvalue weighted by molar-refractivity contribution is -0.116. The van der Waals surface area contributed by atoms with E-state index in [4.69, 9.17) is 16.3 Å². The lowest BCUT2D eigenvalue weighted by Gasteiger charge is -2.01. The van der Waals surface area contributed by atoms with Gasteiger partial charge in [0.25, 0.3) is 0 Å². The molecular weight excluding hydrogens is 245 g/mol. The van der Waals surface area contributed by atoms with E-state index in [1.54, 1.807) is 13.2 Å². The molecule has 1 N–H and O–H groups in total. The molecule has 0 heterocycles. The number of halogens is 2. The predicted octanol–water partition coefficient (Wildman–Crippen LogP) is 2.25. The normalized spacial score (nSPS) is 10.8. The SMILES string of the molecule is COCCNC(=O)C=Cc1c(F)cccc1Cl. The van der Waals surface area contributed by atoms with Crippen molar-refractivity contribution in [2.24, 2.45) is 0 Å². The maximum atomic E-state index is 13.3. The molecule has 92 valence electrons. The van der Waals surface area contributed by atoms with Crippen LogP contribution in [-0.4, -0.2) is 26.2 Å². The minimum atomic E-state index is -0.460. The standard InChI is InChI=1S/C12H13ClFNO2/c1-17-8-7-15-12(16)6-5-9-10(13)3-2-4-11(9)14/h2-6H,7-8H2,1H3,(H,15,16). The molecule has 0 aliphatic heterocycles. The molecule has 17 heavy (non-hydrogen) atoms. The Kier molecular flexibility index (Phi) is 5.66. The van der Waals surface area contributed by atoms with E-state index in [2.05, 4.69) is 5.32 Å². The Balaban J connectivity index is 2.61. The first-order chi connectivity index (χ1) is 8.15. The van der Waals surface area contributed by atoms with E-state index in [-0.39, 0.29) is 16.5 Å². The highest BCUT2D eigenvalue weighted by molar-refractivity contribution is 6.32. The van der Waals surface area contributed by atoms with Crippen LogP contribution in [0.25, 0.3) is 6.08 Å². The molecule has 0 saturated heterocycles. The lowest BCUT2D eigenvalue weighted by Crippen LogP contribution is -2.24. The van der Waals surface area contributed by atoms with Crippen molar-refractivity contribution in [2.45, 2.75) is 0 Å². The fraction of sp³-hybridized carbons (Fsp3) is 0.250. The van der Waals surface area contributed by atoms with Crippen LogP contribution in [0.1, 0.15) is 5.56 Å². The van der Waals surface area contributed by atoms with Gasteiger partial charge in [0.2, 0.25) is 5.91 Å². The van der Waals surface area contributed by atoms with Crippen LogP contribution in [0.3, 0.4) is 0 Å². The van der Waals surface area contributed by atoms with Gasteiger partial charge in [0.05, 0.1) is 11.6 Å². The minimum Gasteiger partial charge on any atom is -0.383 e. The number of carbonyl (C=O) groups is 1. The molecule has 0 atom stereocenters. The van der Waals surface area contributed by atoms with Crippen LogP contribution >= 0.6 is 11.6 Å². The Morgan fingerprint density at radius 1 is 1.59 bits per heavy atom. The van der Waals surface area contributed by atoms with Gasteiger partial charge in [-0.25, -0.2) is 4.39 Å². The predicted molar refractivity (Wildman–Crippen MR) is 65.3 cm³/mol. The molecule has 0 unspecified atom stereocenters. The van der Waals surface area contributed by atoms with Gasteiger partial charge in [-0.3, -0.25) is 4.79 Å². The molecule has 3 nitrogen and oxygen atoms in total. The first-order valence-electron chi connectivity index (χ1n) is 5.04. The monoisotopic (exact) mass is 257 g/mol. The molecule has 5 heteroatoms. The number of benzene rings is 1. The van der Waals surface area contributed by atoms with Crippen LogP contribution in [-0.2, 0) is 9.53 Å². The van der Waals surface area contributed by atoms with Gasteiger partial charge in [0.15, 0.2) is 0 Å². The Morgan fingerprint density at radius 3 is 3.00 bits per heavy atom. The second-order valence-electron chi connectivity index (χ2n) is 3.25. The van der Waals surface area contributed by atoms with E-state index in [1.165, 1.54) is 24.3 Å². The van der Waals surface area contributed by atoms with Gasteiger partial charge in [-0.2, -0.15) is 0 Å². The third-order valence-electron chi connectivity index (χ3n) is 2.01. The van der Waals surface area contributed by atoms with Gasteiger partial charge in [-0.05, 0) is 18.2 Å². The maximum absolute atomic E-state index is 13.3. The summed E-state index contributed by atoms with van der Waals surface area (Å²) in [5, 5.41) is 2.85. The van der Waals surface area contributed by atoms with Gasteiger partial charge >= 0.3 is 0 Å². The van der Waals surface area contributed by atoms with Gasteiger partial charge in [0.1, 0.15) is 5.82 Å². The van der Waals surface area contributed by atoms with Crippen LogP contribution in [0.15, 0.2) is 24.3 Å². The summed E-state index contributed by atoms with van der Waals surface area (Å²) in [4.78, 5) is 11.3. The molecule has 1 rings (SSSR count). The van der Waals surface area contributed by atoms with Crippen molar-refractivity contribution in [3.63, 3.8) is 0 Å². The summed E-state index contributed by atoms with van der Waals surface area (Å²) < 4.78 is 18.1. The molecule has 1 aromatic carbocycles. The first kappa shape index (κ1) is 13.7. The average Bonchev–Trinajstić information content (AvgIpc) is 2.29. The van der Waals surface area contributed by atoms with Crippen LogP contribution in [0.4, 0.5) is 4.39 Å². The number of nitrogens with one attached hydrogen (secondary N) is 1. The molecule has 1 aromatic rings. The summed E-state index contributed by atoms with van der Waals surface area (Å²) in [6.45, 7) is 0.838. The molecule has 0 spiro atoms. The van der Waals surface area contributed by atoms with E-state index in [9.17, 15) is 9.18 Å². The van der Waals surface area contributed by atoms with Crippen molar-refractivity contribution in [1.82, 2.24) is 5.32 Å². The third kappa shape index (κ3) is 4.54. The summed E-state index contributed by atoms with van der Waals surface area (Å²) in [6, 6.07) is 4.36. The highest BCUT2D eigenvalue weighted by Gasteiger charge is 2.03. The molecular formula is C12H13ClFNO2. The van der Waals surface area contributed by atoms with Crippen LogP contribution in [0.2, 0.25) is 5.02 Å². The molecule has 0 bridgehead atoms. The number of rotatable bonds is 5. The molecule has 0 fully saturated rings. The van der Waals surface area contributed by atoms with Gasteiger partial charge in [0, 0.05) is 25.3 Å². The second kappa shape index (κ2) is 7.04. The highest BCUT2D eigenvalue weighted by Crippen LogP contribution is 2.19. The van der Waals surface area contributed by atoms with Crippen molar-refractivity contribution in [3.8, 4) is 0 Å². The quantitative estimate of drug-likeness (QED) is 0.649. The largest absolute Gasteiger partial charge is 0.383 e. The fourth-order valence-electron chi connectivity index (χ4n) is 1.16. The Hall–Kier alpha value is -1.39. The lowest BCUT2D eigenvalue weighted by atomic mass is 10.2. The molecule has 0 aliphatic carbocycles. The van der Waals surface area contributed by atoms with Gasteiger partial charge < -0.3 is 10.1 Å². The summed E-state index contributed by atoms with van der Waals surface area (Å²) in [6.07, 6.45) is 2.58. The number of hydrogen-bond acceptors (Lipinski definition) is 2. The molecule has 0 aliphatic rings. The zero-order chi connectivity index (χ0) is 12.7. The van der Waals surface area contributed by atoms with Crippen LogP contribution < -0.4 is 5.32 Å². The van der Waals surface area contributed by atoms with Crippen molar-refractivity contribution >= 4 is 23.6 Å². The number of carbonyl (C=O) groups excluding carboxylic acids is 1. The summed E-state index contributed by atoms with van der Waals surface area (Å²) in [5.74, 6) is -0.778.